The number of rotatable bonds is 3. The van der Waals surface area contributed by atoms with Crippen molar-refractivity contribution in [1.29, 1.82) is 0 Å². The molecule has 1 heterocycles. The quantitative estimate of drug-likeness (QED) is 0.876. The van der Waals surface area contributed by atoms with E-state index in [1.807, 2.05) is 25.2 Å². The van der Waals surface area contributed by atoms with E-state index in [1.54, 1.807) is 25.1 Å². The fourth-order valence-electron chi connectivity index (χ4n) is 1.79. The van der Waals surface area contributed by atoms with Crippen LogP contribution in [0.5, 0.6) is 11.5 Å². The third-order valence-electron chi connectivity index (χ3n) is 2.62. The van der Waals surface area contributed by atoms with Crippen molar-refractivity contribution in [3.8, 4) is 22.8 Å². The minimum absolute atomic E-state index is 0.639. The monoisotopic (exact) mass is 233 g/mol. The molecule has 0 saturated carbocycles. The third kappa shape index (κ3) is 1.91. The first-order valence-electron chi connectivity index (χ1n) is 5.17. The molecule has 1 aromatic heterocycles. The van der Waals surface area contributed by atoms with Crippen molar-refractivity contribution in [2.75, 3.05) is 20.0 Å². The Labute approximate surface area is 99.8 Å². The van der Waals surface area contributed by atoms with Gasteiger partial charge in [0.25, 0.3) is 0 Å². The molecular formula is C12H15N3O2. The van der Waals surface area contributed by atoms with E-state index < -0.39 is 0 Å². The number of hydrogen-bond acceptors (Lipinski definition) is 4. The molecule has 5 heteroatoms. The van der Waals surface area contributed by atoms with Crippen LogP contribution >= 0.6 is 0 Å². The summed E-state index contributed by atoms with van der Waals surface area (Å²) in [5.74, 6) is 1.36. The zero-order valence-corrected chi connectivity index (χ0v) is 10.1. The molecule has 0 aliphatic heterocycles. The second-order valence-electron chi connectivity index (χ2n) is 3.64. The molecule has 1 aromatic carbocycles. The van der Waals surface area contributed by atoms with Crippen molar-refractivity contribution in [2.45, 2.75) is 0 Å². The Balaban J connectivity index is 2.54. The van der Waals surface area contributed by atoms with Crippen LogP contribution in [-0.4, -0.2) is 24.0 Å². The van der Waals surface area contributed by atoms with Gasteiger partial charge in [-0.2, -0.15) is 5.10 Å². The van der Waals surface area contributed by atoms with Gasteiger partial charge in [-0.1, -0.05) is 0 Å². The average Bonchev–Trinajstić information content (AvgIpc) is 2.68. The lowest BCUT2D eigenvalue weighted by molar-refractivity contribution is 0.355. The number of methoxy groups -OCH3 is 2. The molecule has 0 radical (unpaired) electrons. The molecule has 2 rings (SSSR count). The van der Waals surface area contributed by atoms with Gasteiger partial charge in [0.1, 0.15) is 0 Å². The lowest BCUT2D eigenvalue weighted by atomic mass is 10.1. The van der Waals surface area contributed by atoms with Crippen molar-refractivity contribution in [3.05, 3.63) is 24.4 Å². The Bertz CT molecular complexity index is 515. The van der Waals surface area contributed by atoms with Crippen LogP contribution in [0.25, 0.3) is 11.3 Å². The lowest BCUT2D eigenvalue weighted by Gasteiger charge is -2.10. The first-order valence-corrected chi connectivity index (χ1v) is 5.17. The Hall–Kier alpha value is -2.17. The topological polar surface area (TPSA) is 62.3 Å². The van der Waals surface area contributed by atoms with Crippen molar-refractivity contribution in [3.63, 3.8) is 0 Å². The molecule has 0 aliphatic rings. The van der Waals surface area contributed by atoms with Gasteiger partial charge in [-0.3, -0.25) is 4.68 Å². The Morgan fingerprint density at radius 3 is 2.41 bits per heavy atom. The van der Waals surface area contributed by atoms with Crippen LogP contribution in [0.4, 0.5) is 5.69 Å². The summed E-state index contributed by atoms with van der Waals surface area (Å²) in [6, 6.07) is 5.65. The Morgan fingerprint density at radius 2 is 1.88 bits per heavy atom. The van der Waals surface area contributed by atoms with Crippen LogP contribution in [0.2, 0.25) is 0 Å². The second-order valence-corrected chi connectivity index (χ2v) is 3.64. The molecule has 0 saturated heterocycles. The standard InChI is InChI=1S/C12H15N3O2/c1-15-12(9(13)7-14-15)8-4-5-10(16-2)11(6-8)17-3/h4-7H,13H2,1-3H3. The highest BCUT2D eigenvalue weighted by Gasteiger charge is 2.11. The molecule has 2 aromatic rings. The van der Waals surface area contributed by atoms with Crippen molar-refractivity contribution >= 4 is 5.69 Å². The summed E-state index contributed by atoms with van der Waals surface area (Å²) in [6.45, 7) is 0. The molecule has 5 nitrogen and oxygen atoms in total. The summed E-state index contributed by atoms with van der Waals surface area (Å²) in [5.41, 5.74) is 8.33. The predicted octanol–water partition coefficient (Wildman–Crippen LogP) is 1.69. The molecule has 17 heavy (non-hydrogen) atoms. The van der Waals surface area contributed by atoms with E-state index in [1.165, 1.54) is 0 Å². The largest absolute Gasteiger partial charge is 0.493 e. The summed E-state index contributed by atoms with van der Waals surface area (Å²) in [5, 5.41) is 4.11. The molecule has 0 amide bonds. The fourth-order valence-corrected chi connectivity index (χ4v) is 1.79. The first kappa shape index (κ1) is 11.3. The molecule has 0 unspecified atom stereocenters. The SMILES string of the molecule is COc1ccc(-c2c(N)cnn2C)cc1OC. The van der Waals surface area contributed by atoms with Gasteiger partial charge in [-0.25, -0.2) is 0 Å². The van der Waals surface area contributed by atoms with Gasteiger partial charge in [0.2, 0.25) is 0 Å². The molecule has 0 spiro atoms. The van der Waals surface area contributed by atoms with Crippen LogP contribution in [0, 0.1) is 0 Å². The number of nitrogens with two attached hydrogens (primary N) is 1. The van der Waals surface area contributed by atoms with E-state index in [0.29, 0.717) is 17.2 Å². The summed E-state index contributed by atoms with van der Waals surface area (Å²) in [4.78, 5) is 0. The lowest BCUT2D eigenvalue weighted by Crippen LogP contribution is -1.97. The normalized spacial score (nSPS) is 10.3. The highest BCUT2D eigenvalue weighted by atomic mass is 16.5. The Morgan fingerprint density at radius 1 is 1.18 bits per heavy atom. The third-order valence-corrected chi connectivity index (χ3v) is 2.62. The van der Waals surface area contributed by atoms with Gasteiger partial charge >= 0.3 is 0 Å². The summed E-state index contributed by atoms with van der Waals surface area (Å²) in [6.07, 6.45) is 1.63. The van der Waals surface area contributed by atoms with E-state index in [-0.39, 0.29) is 0 Å². The first-order chi connectivity index (χ1) is 8.17. The number of ether oxygens (including phenoxy) is 2. The molecule has 0 fully saturated rings. The van der Waals surface area contributed by atoms with Crippen LogP contribution in [0.15, 0.2) is 24.4 Å². The highest BCUT2D eigenvalue weighted by Crippen LogP contribution is 2.33. The zero-order chi connectivity index (χ0) is 12.4. The predicted molar refractivity (Wildman–Crippen MR) is 66.2 cm³/mol. The van der Waals surface area contributed by atoms with E-state index in [2.05, 4.69) is 5.10 Å². The van der Waals surface area contributed by atoms with Gasteiger partial charge in [-0.05, 0) is 18.2 Å². The van der Waals surface area contributed by atoms with Crippen molar-refractivity contribution in [1.82, 2.24) is 9.78 Å². The molecule has 90 valence electrons. The number of nitrogens with zero attached hydrogens (tertiary/aromatic N) is 2. The van der Waals surface area contributed by atoms with Crippen LogP contribution in [0.1, 0.15) is 0 Å². The van der Waals surface area contributed by atoms with Gasteiger partial charge in [0.05, 0.1) is 31.8 Å². The molecule has 2 N–H and O–H groups in total. The average molecular weight is 233 g/mol. The number of anilines is 1. The number of aromatic nitrogens is 2. The molecule has 0 aliphatic carbocycles. The van der Waals surface area contributed by atoms with Crippen LogP contribution in [-0.2, 0) is 7.05 Å². The summed E-state index contributed by atoms with van der Waals surface area (Å²) < 4.78 is 12.2. The number of nitrogen functional groups attached to an aromatic ring is 1. The van der Waals surface area contributed by atoms with E-state index >= 15 is 0 Å². The van der Waals surface area contributed by atoms with Gasteiger partial charge in [-0.15, -0.1) is 0 Å². The van der Waals surface area contributed by atoms with Crippen LogP contribution < -0.4 is 15.2 Å². The minimum atomic E-state index is 0.639. The van der Waals surface area contributed by atoms with Gasteiger partial charge < -0.3 is 15.2 Å². The smallest absolute Gasteiger partial charge is 0.161 e. The number of benzene rings is 1. The molecule has 0 atom stereocenters. The molecular weight excluding hydrogens is 218 g/mol. The second kappa shape index (κ2) is 4.37. The summed E-state index contributed by atoms with van der Waals surface area (Å²) in [7, 11) is 5.06. The van der Waals surface area contributed by atoms with Crippen molar-refractivity contribution in [2.24, 2.45) is 7.05 Å². The van der Waals surface area contributed by atoms with E-state index in [4.69, 9.17) is 15.2 Å². The molecule has 0 bridgehead atoms. The van der Waals surface area contributed by atoms with E-state index in [0.717, 1.165) is 11.3 Å². The zero-order valence-electron chi connectivity index (χ0n) is 10.1. The van der Waals surface area contributed by atoms with Gasteiger partial charge in [0.15, 0.2) is 11.5 Å². The van der Waals surface area contributed by atoms with E-state index in [9.17, 15) is 0 Å². The van der Waals surface area contributed by atoms with Crippen LogP contribution in [0.3, 0.4) is 0 Å². The maximum Gasteiger partial charge on any atom is 0.161 e. The minimum Gasteiger partial charge on any atom is -0.493 e. The number of aryl methyl sites for hydroxylation is 1. The highest BCUT2D eigenvalue weighted by molar-refractivity contribution is 5.74. The maximum atomic E-state index is 5.88. The number of hydrogen-bond donors (Lipinski definition) is 1. The summed E-state index contributed by atoms with van der Waals surface area (Å²) >= 11 is 0. The van der Waals surface area contributed by atoms with Gasteiger partial charge in [0, 0.05) is 12.6 Å². The Kier molecular flexibility index (Phi) is 2.91. The fraction of sp³-hybridized carbons (Fsp3) is 0.250. The van der Waals surface area contributed by atoms with Crippen molar-refractivity contribution < 1.29 is 9.47 Å². The maximum absolute atomic E-state index is 5.88.